The fraction of sp³-hybridized carbons (Fsp3) is 0.600. The molecule has 0 amide bonds. The SMILES string of the molecule is COc1ccc(Cl)cc1CC(O)C1CCC(C)C1. The van der Waals surface area contributed by atoms with E-state index in [1.54, 1.807) is 7.11 Å². The molecule has 0 aromatic heterocycles. The molecule has 1 N–H and O–H groups in total. The lowest BCUT2D eigenvalue weighted by Crippen LogP contribution is -2.21. The highest BCUT2D eigenvalue weighted by atomic mass is 35.5. The van der Waals surface area contributed by atoms with Crippen LogP contribution < -0.4 is 4.74 Å². The van der Waals surface area contributed by atoms with Crippen molar-refractivity contribution in [1.29, 1.82) is 0 Å². The molecule has 100 valence electrons. The molecule has 1 aliphatic carbocycles. The van der Waals surface area contributed by atoms with Crippen molar-refractivity contribution in [3.05, 3.63) is 28.8 Å². The fourth-order valence-corrected chi connectivity index (χ4v) is 3.09. The van der Waals surface area contributed by atoms with Crippen molar-refractivity contribution in [2.24, 2.45) is 11.8 Å². The van der Waals surface area contributed by atoms with Crippen molar-refractivity contribution in [2.75, 3.05) is 7.11 Å². The molecule has 1 aromatic rings. The van der Waals surface area contributed by atoms with E-state index in [-0.39, 0.29) is 6.10 Å². The molecule has 0 saturated heterocycles. The van der Waals surface area contributed by atoms with Crippen molar-refractivity contribution in [3.63, 3.8) is 0 Å². The van der Waals surface area contributed by atoms with Gasteiger partial charge in [-0.3, -0.25) is 0 Å². The molecule has 18 heavy (non-hydrogen) atoms. The Bertz CT molecular complexity index is 405. The van der Waals surface area contributed by atoms with Crippen LogP contribution in [0.3, 0.4) is 0 Å². The first-order valence-corrected chi connectivity index (χ1v) is 6.98. The predicted octanol–water partition coefficient (Wildman–Crippen LogP) is 3.69. The maximum absolute atomic E-state index is 10.3. The molecular weight excluding hydrogens is 248 g/mol. The predicted molar refractivity (Wildman–Crippen MR) is 74.2 cm³/mol. The van der Waals surface area contributed by atoms with Gasteiger partial charge < -0.3 is 9.84 Å². The van der Waals surface area contributed by atoms with Crippen LogP contribution in [0, 0.1) is 11.8 Å². The van der Waals surface area contributed by atoms with E-state index < -0.39 is 0 Å². The highest BCUT2D eigenvalue weighted by molar-refractivity contribution is 6.30. The zero-order valence-electron chi connectivity index (χ0n) is 11.0. The van der Waals surface area contributed by atoms with Crippen molar-refractivity contribution < 1.29 is 9.84 Å². The number of methoxy groups -OCH3 is 1. The van der Waals surface area contributed by atoms with Crippen LogP contribution in [-0.2, 0) is 6.42 Å². The number of benzene rings is 1. The third-order valence-electron chi connectivity index (χ3n) is 3.95. The number of hydrogen-bond donors (Lipinski definition) is 1. The standard InChI is InChI=1S/C15H21ClO2/c1-10-3-4-11(7-10)14(17)9-12-8-13(16)5-6-15(12)18-2/h5-6,8,10-11,14,17H,3-4,7,9H2,1-2H3. The first kappa shape index (κ1) is 13.7. The fourth-order valence-electron chi connectivity index (χ4n) is 2.90. The van der Waals surface area contributed by atoms with E-state index in [9.17, 15) is 5.11 Å². The molecule has 3 unspecified atom stereocenters. The maximum atomic E-state index is 10.3. The highest BCUT2D eigenvalue weighted by Gasteiger charge is 2.28. The molecule has 1 aromatic carbocycles. The summed E-state index contributed by atoms with van der Waals surface area (Å²) in [6.45, 7) is 2.26. The zero-order valence-corrected chi connectivity index (χ0v) is 11.8. The number of aliphatic hydroxyl groups is 1. The second-order valence-electron chi connectivity index (χ2n) is 5.41. The topological polar surface area (TPSA) is 29.5 Å². The number of rotatable bonds is 4. The Balaban J connectivity index is 2.06. The van der Waals surface area contributed by atoms with Crippen molar-refractivity contribution >= 4 is 11.6 Å². The van der Waals surface area contributed by atoms with Crippen LogP contribution in [0.15, 0.2) is 18.2 Å². The third-order valence-corrected chi connectivity index (χ3v) is 4.19. The van der Waals surface area contributed by atoms with E-state index >= 15 is 0 Å². The van der Waals surface area contributed by atoms with Crippen LogP contribution in [0.1, 0.15) is 31.7 Å². The zero-order chi connectivity index (χ0) is 13.1. The minimum Gasteiger partial charge on any atom is -0.496 e. The van der Waals surface area contributed by atoms with Crippen LogP contribution >= 0.6 is 11.6 Å². The molecule has 1 saturated carbocycles. The molecule has 2 nitrogen and oxygen atoms in total. The number of ether oxygens (including phenoxy) is 1. The minimum atomic E-state index is -0.290. The van der Waals surface area contributed by atoms with Gasteiger partial charge in [0.25, 0.3) is 0 Å². The van der Waals surface area contributed by atoms with Gasteiger partial charge in [0.1, 0.15) is 5.75 Å². The lowest BCUT2D eigenvalue weighted by Gasteiger charge is -2.19. The minimum absolute atomic E-state index is 0.290. The molecule has 3 atom stereocenters. The summed E-state index contributed by atoms with van der Waals surface area (Å²) in [4.78, 5) is 0. The third kappa shape index (κ3) is 3.18. The Morgan fingerprint density at radius 2 is 2.22 bits per heavy atom. The van der Waals surface area contributed by atoms with Gasteiger partial charge in [-0.1, -0.05) is 24.9 Å². The van der Waals surface area contributed by atoms with E-state index in [0.717, 1.165) is 30.1 Å². The monoisotopic (exact) mass is 268 g/mol. The number of halogens is 1. The Morgan fingerprint density at radius 1 is 1.44 bits per heavy atom. The average molecular weight is 269 g/mol. The Hall–Kier alpha value is -0.730. The first-order valence-electron chi connectivity index (χ1n) is 6.60. The van der Waals surface area contributed by atoms with Gasteiger partial charge in [-0.15, -0.1) is 0 Å². The largest absolute Gasteiger partial charge is 0.496 e. The smallest absolute Gasteiger partial charge is 0.122 e. The summed E-state index contributed by atoms with van der Waals surface area (Å²) in [5.41, 5.74) is 0.997. The van der Waals surface area contributed by atoms with Crippen molar-refractivity contribution in [3.8, 4) is 5.75 Å². The van der Waals surface area contributed by atoms with Gasteiger partial charge in [-0.25, -0.2) is 0 Å². The average Bonchev–Trinajstić information content (AvgIpc) is 2.76. The summed E-state index contributed by atoms with van der Waals surface area (Å²) in [6.07, 6.45) is 3.83. The van der Waals surface area contributed by atoms with Gasteiger partial charge in [0, 0.05) is 11.4 Å². The Kier molecular flexibility index (Phi) is 4.52. The van der Waals surface area contributed by atoms with Gasteiger partial charge >= 0.3 is 0 Å². The van der Waals surface area contributed by atoms with Crippen LogP contribution in [0.4, 0.5) is 0 Å². The molecule has 3 heteroatoms. The van der Waals surface area contributed by atoms with Crippen LogP contribution in [0.5, 0.6) is 5.75 Å². The second kappa shape index (κ2) is 5.94. The Labute approximate surface area is 114 Å². The molecule has 0 radical (unpaired) electrons. The summed E-state index contributed by atoms with van der Waals surface area (Å²) >= 11 is 6.00. The van der Waals surface area contributed by atoms with Crippen molar-refractivity contribution in [2.45, 2.75) is 38.7 Å². The highest BCUT2D eigenvalue weighted by Crippen LogP contribution is 2.35. The second-order valence-corrected chi connectivity index (χ2v) is 5.84. The van der Waals surface area contributed by atoms with E-state index in [4.69, 9.17) is 16.3 Å². The molecule has 0 bridgehead atoms. The van der Waals surface area contributed by atoms with Gasteiger partial charge in [-0.05, 0) is 48.4 Å². The summed E-state index contributed by atoms with van der Waals surface area (Å²) in [5.74, 6) is 1.97. The first-order chi connectivity index (χ1) is 8.60. The normalized spacial score (nSPS) is 25.1. The van der Waals surface area contributed by atoms with Gasteiger partial charge in [0.2, 0.25) is 0 Å². The lowest BCUT2D eigenvalue weighted by atomic mass is 9.93. The summed E-state index contributed by atoms with van der Waals surface area (Å²) in [7, 11) is 1.65. The van der Waals surface area contributed by atoms with Gasteiger partial charge in [-0.2, -0.15) is 0 Å². The molecule has 2 rings (SSSR count). The molecule has 1 aliphatic rings. The molecule has 0 aliphatic heterocycles. The van der Waals surface area contributed by atoms with Crippen LogP contribution in [0.2, 0.25) is 5.02 Å². The van der Waals surface area contributed by atoms with Crippen LogP contribution in [0.25, 0.3) is 0 Å². The molecular formula is C15H21ClO2. The summed E-state index contributed by atoms with van der Waals surface area (Å²) < 4.78 is 5.32. The maximum Gasteiger partial charge on any atom is 0.122 e. The lowest BCUT2D eigenvalue weighted by molar-refractivity contribution is 0.108. The summed E-state index contributed by atoms with van der Waals surface area (Å²) in [5, 5.41) is 11.0. The number of aliphatic hydroxyl groups excluding tert-OH is 1. The van der Waals surface area contributed by atoms with E-state index in [2.05, 4.69) is 6.92 Å². The van der Waals surface area contributed by atoms with Crippen LogP contribution in [-0.4, -0.2) is 18.3 Å². The number of hydrogen-bond acceptors (Lipinski definition) is 2. The van der Waals surface area contributed by atoms with Gasteiger partial charge in [0.05, 0.1) is 13.2 Å². The molecule has 1 fully saturated rings. The van der Waals surface area contributed by atoms with E-state index in [0.29, 0.717) is 17.4 Å². The Morgan fingerprint density at radius 3 is 2.83 bits per heavy atom. The van der Waals surface area contributed by atoms with E-state index in [1.807, 2.05) is 18.2 Å². The van der Waals surface area contributed by atoms with E-state index in [1.165, 1.54) is 6.42 Å². The quantitative estimate of drug-likeness (QED) is 0.903. The van der Waals surface area contributed by atoms with Crippen molar-refractivity contribution in [1.82, 2.24) is 0 Å². The van der Waals surface area contributed by atoms with Gasteiger partial charge in [0.15, 0.2) is 0 Å². The summed E-state index contributed by atoms with van der Waals surface area (Å²) in [6, 6.07) is 5.57. The molecule has 0 spiro atoms. The molecule has 0 heterocycles.